The van der Waals surface area contributed by atoms with Gasteiger partial charge in [0, 0.05) is 26.5 Å². The summed E-state index contributed by atoms with van der Waals surface area (Å²) in [5, 5.41) is 5.67. The molecule has 5 nitrogen and oxygen atoms in total. The molecule has 1 heterocycles. The number of nitrogens with zero attached hydrogens (tertiary/aromatic N) is 2. The first-order chi connectivity index (χ1) is 11.0. The Bertz CT molecular complexity index is 634. The third-order valence-electron chi connectivity index (χ3n) is 2.97. The summed E-state index contributed by atoms with van der Waals surface area (Å²) in [5.74, 6) is 0.626. The Morgan fingerprint density at radius 1 is 1.17 bits per heavy atom. The Labute approximate surface area is 131 Å². The van der Waals surface area contributed by atoms with Gasteiger partial charge in [-0.2, -0.15) is 18.2 Å². The zero-order chi connectivity index (χ0) is 16.7. The maximum absolute atomic E-state index is 13.0. The number of hydrogen-bond donors (Lipinski definition) is 2. The monoisotopic (exact) mass is 326 g/mol. The van der Waals surface area contributed by atoms with Crippen LogP contribution >= 0.6 is 0 Å². The summed E-state index contributed by atoms with van der Waals surface area (Å²) in [4.78, 5) is 8.10. The van der Waals surface area contributed by atoms with Crippen LogP contribution in [0.15, 0.2) is 36.5 Å². The number of anilines is 3. The molecule has 0 bridgehead atoms. The van der Waals surface area contributed by atoms with Crippen LogP contribution in [0.2, 0.25) is 0 Å². The molecule has 0 saturated carbocycles. The lowest BCUT2D eigenvalue weighted by Crippen LogP contribution is -2.10. The number of benzene rings is 1. The minimum absolute atomic E-state index is 0.0865. The van der Waals surface area contributed by atoms with Crippen molar-refractivity contribution in [3.05, 3.63) is 42.1 Å². The topological polar surface area (TPSA) is 59.1 Å². The van der Waals surface area contributed by atoms with Gasteiger partial charge >= 0.3 is 6.18 Å². The van der Waals surface area contributed by atoms with Crippen LogP contribution in [0, 0.1) is 0 Å². The Balaban J connectivity index is 2.09. The van der Waals surface area contributed by atoms with Crippen LogP contribution in [0.3, 0.4) is 0 Å². The van der Waals surface area contributed by atoms with E-state index in [-0.39, 0.29) is 11.6 Å². The third kappa shape index (κ3) is 5.10. The Hall–Kier alpha value is -2.35. The van der Waals surface area contributed by atoms with E-state index in [1.165, 1.54) is 24.4 Å². The molecule has 1 aromatic heterocycles. The average Bonchev–Trinajstić information content (AvgIpc) is 2.51. The standard InChI is InChI=1S/C15H17F3N4O/c1-23-10-4-8-19-13-7-9-20-14(22-13)21-12-6-3-2-5-11(12)15(16,17)18/h2-3,5-7,9H,4,8,10H2,1H3,(H2,19,20,21,22). The lowest BCUT2D eigenvalue weighted by Gasteiger charge is -2.13. The second-order valence-corrected chi connectivity index (χ2v) is 4.71. The number of hydrogen-bond acceptors (Lipinski definition) is 5. The van der Waals surface area contributed by atoms with Gasteiger partial charge in [-0.3, -0.25) is 0 Å². The third-order valence-corrected chi connectivity index (χ3v) is 2.97. The van der Waals surface area contributed by atoms with Gasteiger partial charge in [0.05, 0.1) is 11.3 Å². The van der Waals surface area contributed by atoms with E-state index < -0.39 is 11.7 Å². The van der Waals surface area contributed by atoms with E-state index in [4.69, 9.17) is 4.74 Å². The molecule has 2 N–H and O–H groups in total. The second kappa shape index (κ2) is 7.77. The maximum atomic E-state index is 13.0. The van der Waals surface area contributed by atoms with Gasteiger partial charge in [-0.05, 0) is 24.6 Å². The molecule has 2 aromatic rings. The minimum Gasteiger partial charge on any atom is -0.385 e. The fraction of sp³-hybridized carbons (Fsp3) is 0.333. The van der Waals surface area contributed by atoms with E-state index in [0.29, 0.717) is 19.0 Å². The van der Waals surface area contributed by atoms with Crippen LogP contribution in [-0.2, 0) is 10.9 Å². The second-order valence-electron chi connectivity index (χ2n) is 4.71. The van der Waals surface area contributed by atoms with Crippen molar-refractivity contribution in [3.8, 4) is 0 Å². The fourth-order valence-electron chi connectivity index (χ4n) is 1.91. The van der Waals surface area contributed by atoms with E-state index in [9.17, 15) is 13.2 Å². The molecule has 8 heteroatoms. The van der Waals surface area contributed by atoms with Crippen molar-refractivity contribution in [2.75, 3.05) is 30.9 Å². The van der Waals surface area contributed by atoms with Crippen molar-refractivity contribution in [1.82, 2.24) is 9.97 Å². The van der Waals surface area contributed by atoms with Crippen molar-refractivity contribution in [1.29, 1.82) is 0 Å². The van der Waals surface area contributed by atoms with Crippen LogP contribution in [0.25, 0.3) is 0 Å². The summed E-state index contributed by atoms with van der Waals surface area (Å²) >= 11 is 0. The van der Waals surface area contributed by atoms with Gasteiger partial charge in [0.2, 0.25) is 5.95 Å². The molecule has 0 aliphatic carbocycles. The van der Waals surface area contributed by atoms with Gasteiger partial charge in [-0.15, -0.1) is 0 Å². The molecular weight excluding hydrogens is 309 g/mol. The lowest BCUT2D eigenvalue weighted by molar-refractivity contribution is -0.136. The molecule has 1 aromatic carbocycles. The summed E-state index contributed by atoms with van der Waals surface area (Å²) in [6, 6.07) is 6.85. The highest BCUT2D eigenvalue weighted by molar-refractivity contribution is 5.60. The van der Waals surface area contributed by atoms with Crippen LogP contribution in [-0.4, -0.2) is 30.2 Å². The highest BCUT2D eigenvalue weighted by Gasteiger charge is 2.33. The SMILES string of the molecule is COCCCNc1ccnc(Nc2ccccc2C(F)(F)F)n1. The van der Waals surface area contributed by atoms with E-state index in [1.807, 2.05) is 0 Å². The zero-order valence-corrected chi connectivity index (χ0v) is 12.5. The minimum atomic E-state index is -4.44. The van der Waals surface area contributed by atoms with Gasteiger partial charge in [-0.25, -0.2) is 4.98 Å². The normalized spacial score (nSPS) is 11.3. The molecule has 0 aliphatic heterocycles. The highest BCUT2D eigenvalue weighted by Crippen LogP contribution is 2.35. The number of nitrogens with one attached hydrogen (secondary N) is 2. The molecular formula is C15H17F3N4O. The van der Waals surface area contributed by atoms with Crippen molar-refractivity contribution in [2.45, 2.75) is 12.6 Å². The van der Waals surface area contributed by atoms with E-state index in [2.05, 4.69) is 20.6 Å². The summed E-state index contributed by atoms with van der Waals surface area (Å²) in [6.07, 6.45) is -2.18. The number of alkyl halides is 3. The van der Waals surface area contributed by atoms with Crippen molar-refractivity contribution in [3.63, 3.8) is 0 Å². The molecule has 0 aliphatic rings. The van der Waals surface area contributed by atoms with Crippen molar-refractivity contribution < 1.29 is 17.9 Å². The van der Waals surface area contributed by atoms with Crippen LogP contribution < -0.4 is 10.6 Å². The smallest absolute Gasteiger partial charge is 0.385 e. The predicted molar refractivity (Wildman–Crippen MR) is 81.7 cm³/mol. The van der Waals surface area contributed by atoms with E-state index >= 15 is 0 Å². The number of rotatable bonds is 7. The van der Waals surface area contributed by atoms with Gasteiger partial charge < -0.3 is 15.4 Å². The first-order valence-corrected chi connectivity index (χ1v) is 7.00. The van der Waals surface area contributed by atoms with Crippen molar-refractivity contribution >= 4 is 17.5 Å². The maximum Gasteiger partial charge on any atom is 0.418 e. The summed E-state index contributed by atoms with van der Waals surface area (Å²) in [5.41, 5.74) is -0.849. The summed E-state index contributed by atoms with van der Waals surface area (Å²) in [7, 11) is 1.62. The van der Waals surface area contributed by atoms with E-state index in [1.54, 1.807) is 13.2 Å². The summed E-state index contributed by atoms with van der Waals surface area (Å²) in [6.45, 7) is 1.26. The molecule has 0 atom stereocenters. The van der Waals surface area contributed by atoms with Gasteiger partial charge in [0.1, 0.15) is 5.82 Å². The van der Waals surface area contributed by atoms with Gasteiger partial charge in [-0.1, -0.05) is 12.1 Å². The molecule has 23 heavy (non-hydrogen) atoms. The highest BCUT2D eigenvalue weighted by atomic mass is 19.4. The molecule has 0 amide bonds. The molecule has 0 spiro atoms. The molecule has 124 valence electrons. The lowest BCUT2D eigenvalue weighted by atomic mass is 10.1. The van der Waals surface area contributed by atoms with Crippen LogP contribution in [0.5, 0.6) is 0 Å². The fourth-order valence-corrected chi connectivity index (χ4v) is 1.91. The molecule has 0 fully saturated rings. The largest absolute Gasteiger partial charge is 0.418 e. The number of ether oxygens (including phenoxy) is 1. The molecule has 0 saturated heterocycles. The Morgan fingerprint density at radius 2 is 1.96 bits per heavy atom. The van der Waals surface area contributed by atoms with Crippen LogP contribution in [0.1, 0.15) is 12.0 Å². The van der Waals surface area contributed by atoms with Crippen molar-refractivity contribution in [2.24, 2.45) is 0 Å². The Kier molecular flexibility index (Phi) is 5.75. The van der Waals surface area contributed by atoms with E-state index in [0.717, 1.165) is 12.5 Å². The Morgan fingerprint density at radius 3 is 2.70 bits per heavy atom. The summed E-state index contributed by atoms with van der Waals surface area (Å²) < 4.78 is 43.8. The number of methoxy groups -OCH3 is 1. The average molecular weight is 326 g/mol. The van der Waals surface area contributed by atoms with Crippen LogP contribution in [0.4, 0.5) is 30.6 Å². The van der Waals surface area contributed by atoms with Gasteiger partial charge in [0.15, 0.2) is 0 Å². The number of aromatic nitrogens is 2. The zero-order valence-electron chi connectivity index (χ0n) is 12.5. The number of halogens is 3. The number of para-hydroxylation sites is 1. The predicted octanol–water partition coefficient (Wildman–Crippen LogP) is 3.69. The quantitative estimate of drug-likeness (QED) is 0.760. The first kappa shape index (κ1) is 17.0. The van der Waals surface area contributed by atoms with Gasteiger partial charge in [0.25, 0.3) is 0 Å². The first-order valence-electron chi connectivity index (χ1n) is 7.00. The molecule has 0 radical (unpaired) electrons. The molecule has 2 rings (SSSR count). The molecule has 0 unspecified atom stereocenters.